The number of halogens is 1. The van der Waals surface area contributed by atoms with Gasteiger partial charge >= 0.3 is 0 Å². The number of carbonyl (C=O) groups excluding carboxylic acids is 1. The second kappa shape index (κ2) is 8.07. The van der Waals surface area contributed by atoms with Crippen LogP contribution < -0.4 is 0 Å². The number of aryl methyl sites for hydroxylation is 1. The summed E-state index contributed by atoms with van der Waals surface area (Å²) in [5.74, 6) is 1.58. The molecule has 2 aromatic heterocycles. The van der Waals surface area contributed by atoms with Crippen LogP contribution in [0.2, 0.25) is 5.02 Å². The summed E-state index contributed by atoms with van der Waals surface area (Å²) in [6.45, 7) is 3.01. The maximum Gasteiger partial charge on any atom is 0.266 e. The monoisotopic (exact) mass is 416 g/mol. The molecule has 28 heavy (non-hydrogen) atoms. The van der Waals surface area contributed by atoms with Gasteiger partial charge in [0.2, 0.25) is 0 Å². The van der Waals surface area contributed by atoms with Crippen LogP contribution in [-0.2, 0) is 11.3 Å². The Morgan fingerprint density at radius 2 is 2.18 bits per heavy atom. The second-order valence-electron chi connectivity index (χ2n) is 6.81. The number of methoxy groups -OCH3 is 1. The number of benzene rings is 1. The molecule has 0 saturated carbocycles. The Hall–Kier alpha value is -2.15. The molecule has 1 aliphatic rings. The molecule has 3 heterocycles. The number of thiazole rings is 1. The van der Waals surface area contributed by atoms with Crippen molar-refractivity contribution in [3.8, 4) is 10.6 Å². The summed E-state index contributed by atoms with van der Waals surface area (Å²) in [6, 6.07) is 11.4. The van der Waals surface area contributed by atoms with Crippen molar-refractivity contribution in [2.24, 2.45) is 0 Å². The molecule has 1 aromatic carbocycles. The van der Waals surface area contributed by atoms with Gasteiger partial charge in [-0.05, 0) is 38.0 Å². The minimum atomic E-state index is -0.0524. The summed E-state index contributed by atoms with van der Waals surface area (Å²) in [6.07, 6.45) is 1.84. The van der Waals surface area contributed by atoms with E-state index < -0.39 is 0 Å². The Morgan fingerprint density at radius 3 is 2.96 bits per heavy atom. The summed E-state index contributed by atoms with van der Waals surface area (Å²) >= 11 is 7.70. The number of amides is 1. The van der Waals surface area contributed by atoms with Gasteiger partial charge in [-0.15, -0.1) is 11.3 Å². The van der Waals surface area contributed by atoms with Crippen molar-refractivity contribution in [3.05, 3.63) is 63.5 Å². The van der Waals surface area contributed by atoms with Crippen LogP contribution >= 0.6 is 22.9 Å². The number of nitrogens with zero attached hydrogens (tertiary/aromatic N) is 2. The molecule has 1 aliphatic heterocycles. The molecule has 0 radical (unpaired) electrons. The molecule has 1 fully saturated rings. The second-order valence-corrected chi connectivity index (χ2v) is 8.21. The van der Waals surface area contributed by atoms with Crippen LogP contribution in [0, 0.1) is 6.92 Å². The smallest absolute Gasteiger partial charge is 0.266 e. The van der Waals surface area contributed by atoms with Gasteiger partial charge in [0.25, 0.3) is 5.91 Å². The predicted molar refractivity (Wildman–Crippen MR) is 110 cm³/mol. The highest BCUT2D eigenvalue weighted by Gasteiger charge is 2.34. The van der Waals surface area contributed by atoms with E-state index in [1.165, 1.54) is 11.3 Å². The lowest BCUT2D eigenvalue weighted by molar-refractivity contribution is 0.0720. The predicted octanol–water partition coefficient (Wildman–Crippen LogP) is 5.49. The number of rotatable bonds is 5. The average molecular weight is 417 g/mol. The maximum absolute atomic E-state index is 13.3. The third-order valence-corrected chi connectivity index (χ3v) is 6.41. The first-order chi connectivity index (χ1) is 13.6. The zero-order chi connectivity index (χ0) is 19.7. The van der Waals surface area contributed by atoms with E-state index in [1.54, 1.807) is 7.11 Å². The van der Waals surface area contributed by atoms with E-state index in [9.17, 15) is 4.79 Å². The lowest BCUT2D eigenvalue weighted by Crippen LogP contribution is -2.30. The van der Waals surface area contributed by atoms with Crippen LogP contribution in [0.3, 0.4) is 0 Å². The first-order valence-electron chi connectivity index (χ1n) is 9.19. The van der Waals surface area contributed by atoms with Gasteiger partial charge in [-0.1, -0.05) is 29.8 Å². The van der Waals surface area contributed by atoms with Gasteiger partial charge in [0.1, 0.15) is 28.0 Å². The van der Waals surface area contributed by atoms with E-state index in [4.69, 9.17) is 20.8 Å². The number of likely N-dealkylation sites (tertiary alicyclic amines) is 1. The fourth-order valence-electron chi connectivity index (χ4n) is 3.57. The molecule has 1 saturated heterocycles. The molecule has 4 rings (SSSR count). The average Bonchev–Trinajstić information content (AvgIpc) is 3.41. The number of aromatic nitrogens is 1. The highest BCUT2D eigenvalue weighted by atomic mass is 35.5. The van der Waals surface area contributed by atoms with Crippen molar-refractivity contribution >= 4 is 28.8 Å². The zero-order valence-electron chi connectivity index (χ0n) is 15.8. The Bertz CT molecular complexity index is 997. The number of furan rings is 1. The highest BCUT2D eigenvalue weighted by molar-refractivity contribution is 7.17. The molecular formula is C21H21ClN2O3S. The summed E-state index contributed by atoms with van der Waals surface area (Å²) in [5, 5.41) is 1.40. The summed E-state index contributed by atoms with van der Waals surface area (Å²) in [4.78, 5) is 20.5. The van der Waals surface area contributed by atoms with E-state index in [1.807, 2.05) is 48.2 Å². The zero-order valence-corrected chi connectivity index (χ0v) is 17.3. The molecule has 0 bridgehead atoms. The van der Waals surface area contributed by atoms with E-state index >= 15 is 0 Å². The van der Waals surface area contributed by atoms with Crippen LogP contribution in [0.5, 0.6) is 0 Å². The molecule has 0 spiro atoms. The minimum absolute atomic E-state index is 0.000458. The molecule has 0 aliphatic carbocycles. The standard InChI is InChI=1S/C21H21ClN2O3S/c1-13-19(28-20(23-13)15-6-3-4-7-16(15)22)21(25)24-11-5-8-17(24)18-10-9-14(27-18)12-26-2/h3-4,6-7,9-10,17H,5,8,11-12H2,1-2H3/t17-/m0/s1. The minimum Gasteiger partial charge on any atom is -0.461 e. The largest absolute Gasteiger partial charge is 0.461 e. The number of hydrogen-bond acceptors (Lipinski definition) is 5. The Labute approximate surface area is 172 Å². The van der Waals surface area contributed by atoms with Gasteiger partial charge in [-0.25, -0.2) is 4.98 Å². The van der Waals surface area contributed by atoms with Crippen LogP contribution in [0.1, 0.15) is 45.8 Å². The lowest BCUT2D eigenvalue weighted by atomic mass is 10.1. The molecule has 5 nitrogen and oxygen atoms in total. The van der Waals surface area contributed by atoms with E-state index in [2.05, 4.69) is 4.98 Å². The molecule has 1 amide bonds. The third-order valence-electron chi connectivity index (χ3n) is 4.91. The highest BCUT2D eigenvalue weighted by Crippen LogP contribution is 2.38. The molecule has 3 aromatic rings. The molecular weight excluding hydrogens is 396 g/mol. The SMILES string of the molecule is COCc1ccc([C@@H]2CCCN2C(=O)c2sc(-c3ccccc3Cl)nc2C)o1. The molecule has 1 atom stereocenters. The van der Waals surface area contributed by atoms with Crippen LogP contribution in [0.4, 0.5) is 0 Å². The van der Waals surface area contributed by atoms with Crippen LogP contribution in [0.15, 0.2) is 40.8 Å². The fraction of sp³-hybridized carbons (Fsp3) is 0.333. The van der Waals surface area contributed by atoms with E-state index in [-0.39, 0.29) is 11.9 Å². The lowest BCUT2D eigenvalue weighted by Gasteiger charge is -2.22. The first kappa shape index (κ1) is 19.2. The summed E-state index contributed by atoms with van der Waals surface area (Å²) in [5.41, 5.74) is 1.58. The Balaban J connectivity index is 1.61. The van der Waals surface area contributed by atoms with Crippen molar-refractivity contribution in [2.45, 2.75) is 32.4 Å². The maximum atomic E-state index is 13.3. The van der Waals surface area contributed by atoms with Gasteiger partial charge in [-0.2, -0.15) is 0 Å². The number of ether oxygens (including phenoxy) is 1. The first-order valence-corrected chi connectivity index (χ1v) is 10.4. The summed E-state index contributed by atoms with van der Waals surface area (Å²) in [7, 11) is 1.64. The fourth-order valence-corrected chi connectivity index (χ4v) is 4.92. The molecule has 0 unspecified atom stereocenters. The van der Waals surface area contributed by atoms with Gasteiger partial charge in [0.15, 0.2) is 0 Å². The van der Waals surface area contributed by atoms with Crippen LogP contribution in [-0.4, -0.2) is 29.4 Å². The van der Waals surface area contributed by atoms with E-state index in [0.717, 1.165) is 40.6 Å². The van der Waals surface area contributed by atoms with Crippen molar-refractivity contribution in [1.29, 1.82) is 0 Å². The molecule has 7 heteroatoms. The summed E-state index contributed by atoms with van der Waals surface area (Å²) < 4.78 is 11.0. The topological polar surface area (TPSA) is 55.6 Å². The van der Waals surface area contributed by atoms with Crippen molar-refractivity contribution < 1.29 is 13.9 Å². The number of carbonyl (C=O) groups is 1. The van der Waals surface area contributed by atoms with E-state index in [0.29, 0.717) is 23.1 Å². The van der Waals surface area contributed by atoms with Crippen LogP contribution in [0.25, 0.3) is 10.6 Å². The van der Waals surface area contributed by atoms with Gasteiger partial charge in [-0.3, -0.25) is 4.79 Å². The van der Waals surface area contributed by atoms with Gasteiger partial charge in [0, 0.05) is 19.2 Å². The number of hydrogen-bond donors (Lipinski definition) is 0. The van der Waals surface area contributed by atoms with Crippen molar-refractivity contribution in [2.75, 3.05) is 13.7 Å². The van der Waals surface area contributed by atoms with Crippen molar-refractivity contribution in [3.63, 3.8) is 0 Å². The Morgan fingerprint density at radius 1 is 1.36 bits per heavy atom. The normalized spacial score (nSPS) is 16.7. The quantitative estimate of drug-likeness (QED) is 0.552. The van der Waals surface area contributed by atoms with Crippen molar-refractivity contribution in [1.82, 2.24) is 9.88 Å². The molecule has 146 valence electrons. The van der Waals surface area contributed by atoms with Gasteiger partial charge in [0.05, 0.1) is 16.8 Å². The third kappa shape index (κ3) is 3.60. The molecule has 0 N–H and O–H groups in total. The van der Waals surface area contributed by atoms with Gasteiger partial charge < -0.3 is 14.1 Å². The Kier molecular flexibility index (Phi) is 5.53.